The topological polar surface area (TPSA) is 92.9 Å². The summed E-state index contributed by atoms with van der Waals surface area (Å²) in [6.07, 6.45) is 0. The van der Waals surface area contributed by atoms with Gasteiger partial charge in [0.15, 0.2) is 0 Å². The van der Waals surface area contributed by atoms with E-state index >= 15 is 0 Å². The van der Waals surface area contributed by atoms with E-state index in [9.17, 15) is 12.8 Å². The summed E-state index contributed by atoms with van der Waals surface area (Å²) in [4.78, 5) is -0.0223. The van der Waals surface area contributed by atoms with Crippen molar-refractivity contribution >= 4 is 15.7 Å². The van der Waals surface area contributed by atoms with Crippen molar-refractivity contribution in [2.24, 2.45) is 0 Å². The van der Waals surface area contributed by atoms with Gasteiger partial charge < -0.3 is 15.6 Å². The first-order valence-corrected chi connectivity index (χ1v) is 7.86. The van der Waals surface area contributed by atoms with Gasteiger partial charge in [0, 0.05) is 20.2 Å². The standard InChI is InChI=1S/C13H21FN2O4S/c1-9-8-11(14)12(15)10(2)13(9)21(18,19)16(4-6-17)5-7-20-3/h8,17H,4-7,15H2,1-3H3. The number of halogens is 1. The molecule has 0 unspecified atom stereocenters. The molecule has 0 aromatic heterocycles. The average molecular weight is 320 g/mol. The maximum Gasteiger partial charge on any atom is 0.243 e. The number of rotatable bonds is 7. The third-order valence-corrected chi connectivity index (χ3v) is 5.38. The van der Waals surface area contributed by atoms with E-state index in [1.165, 1.54) is 21.0 Å². The molecule has 0 aliphatic heterocycles. The van der Waals surface area contributed by atoms with Gasteiger partial charge in [-0.3, -0.25) is 0 Å². The lowest BCUT2D eigenvalue weighted by atomic mass is 10.1. The Morgan fingerprint density at radius 3 is 2.52 bits per heavy atom. The number of ether oxygens (including phenoxy) is 1. The molecule has 0 amide bonds. The molecule has 0 spiro atoms. The van der Waals surface area contributed by atoms with Crippen molar-refractivity contribution in [1.82, 2.24) is 4.31 Å². The zero-order chi connectivity index (χ0) is 16.2. The van der Waals surface area contributed by atoms with Crippen LogP contribution < -0.4 is 5.73 Å². The van der Waals surface area contributed by atoms with Crippen LogP contribution in [0.25, 0.3) is 0 Å². The number of aliphatic hydroxyl groups excluding tert-OH is 1. The van der Waals surface area contributed by atoms with Gasteiger partial charge in [-0.05, 0) is 31.0 Å². The number of hydrogen-bond donors (Lipinski definition) is 2. The molecule has 0 aliphatic carbocycles. The van der Waals surface area contributed by atoms with Gasteiger partial charge in [0.1, 0.15) is 5.82 Å². The number of hydrogen-bond acceptors (Lipinski definition) is 5. The SMILES string of the molecule is COCCN(CCO)S(=O)(=O)c1c(C)cc(F)c(N)c1C. The van der Waals surface area contributed by atoms with Crippen molar-refractivity contribution < 1.29 is 22.7 Å². The second kappa shape index (κ2) is 7.17. The molecule has 0 saturated heterocycles. The predicted octanol–water partition coefficient (Wildman–Crippen LogP) is 0.654. The van der Waals surface area contributed by atoms with E-state index in [1.54, 1.807) is 0 Å². The molecule has 8 heteroatoms. The van der Waals surface area contributed by atoms with Crippen LogP contribution in [0, 0.1) is 19.7 Å². The maximum atomic E-state index is 13.6. The monoisotopic (exact) mass is 320 g/mol. The first kappa shape index (κ1) is 17.8. The van der Waals surface area contributed by atoms with E-state index in [1.807, 2.05) is 0 Å². The van der Waals surface area contributed by atoms with Gasteiger partial charge in [-0.25, -0.2) is 12.8 Å². The number of nitrogens with two attached hydrogens (primary N) is 1. The lowest BCUT2D eigenvalue weighted by Gasteiger charge is -2.23. The van der Waals surface area contributed by atoms with Gasteiger partial charge in [-0.2, -0.15) is 4.31 Å². The summed E-state index contributed by atoms with van der Waals surface area (Å²) in [6, 6.07) is 1.10. The molecule has 21 heavy (non-hydrogen) atoms. The Bertz CT molecular complexity index is 605. The zero-order valence-corrected chi connectivity index (χ0v) is 13.2. The van der Waals surface area contributed by atoms with Gasteiger partial charge >= 0.3 is 0 Å². The largest absolute Gasteiger partial charge is 0.396 e. The molecule has 0 bridgehead atoms. The minimum atomic E-state index is -3.89. The highest BCUT2D eigenvalue weighted by molar-refractivity contribution is 7.89. The highest BCUT2D eigenvalue weighted by atomic mass is 32.2. The third-order valence-electron chi connectivity index (χ3n) is 3.20. The van der Waals surface area contributed by atoms with Crippen LogP contribution in [0.1, 0.15) is 11.1 Å². The number of aliphatic hydroxyl groups is 1. The summed E-state index contributed by atoms with van der Waals surface area (Å²) in [5.74, 6) is -0.644. The van der Waals surface area contributed by atoms with Crippen molar-refractivity contribution in [1.29, 1.82) is 0 Å². The molecule has 0 heterocycles. The lowest BCUT2D eigenvalue weighted by Crippen LogP contribution is -2.37. The number of sulfonamides is 1. The minimum Gasteiger partial charge on any atom is -0.396 e. The Kier molecular flexibility index (Phi) is 6.09. The van der Waals surface area contributed by atoms with Gasteiger partial charge in [-0.15, -0.1) is 0 Å². The molecule has 3 N–H and O–H groups in total. The maximum absolute atomic E-state index is 13.6. The summed E-state index contributed by atoms with van der Waals surface area (Å²) in [7, 11) is -2.43. The summed E-state index contributed by atoms with van der Waals surface area (Å²) in [5.41, 5.74) is 5.86. The quantitative estimate of drug-likeness (QED) is 0.720. The van der Waals surface area contributed by atoms with Gasteiger partial charge in [-0.1, -0.05) is 0 Å². The van der Waals surface area contributed by atoms with E-state index in [2.05, 4.69) is 0 Å². The number of benzene rings is 1. The van der Waals surface area contributed by atoms with E-state index in [4.69, 9.17) is 15.6 Å². The summed E-state index contributed by atoms with van der Waals surface area (Å²) in [6.45, 7) is 2.87. The Hall–Kier alpha value is -1.22. The number of nitrogens with zero attached hydrogens (tertiary/aromatic N) is 1. The van der Waals surface area contributed by atoms with Gasteiger partial charge in [0.2, 0.25) is 10.0 Å². The summed E-state index contributed by atoms with van der Waals surface area (Å²) >= 11 is 0. The third kappa shape index (κ3) is 3.70. The summed E-state index contributed by atoms with van der Waals surface area (Å²) < 4.78 is 45.0. The number of methoxy groups -OCH3 is 1. The van der Waals surface area contributed by atoms with Crippen LogP contribution >= 0.6 is 0 Å². The molecule has 1 aromatic rings. The van der Waals surface area contributed by atoms with E-state index in [0.29, 0.717) is 0 Å². The summed E-state index contributed by atoms with van der Waals surface area (Å²) in [5, 5.41) is 9.05. The van der Waals surface area contributed by atoms with Crippen LogP contribution in [0.15, 0.2) is 11.0 Å². The Morgan fingerprint density at radius 1 is 1.38 bits per heavy atom. The molecule has 1 aromatic carbocycles. The minimum absolute atomic E-state index is 0.0223. The fourth-order valence-electron chi connectivity index (χ4n) is 2.11. The predicted molar refractivity (Wildman–Crippen MR) is 78.0 cm³/mol. The molecule has 0 fully saturated rings. The molecule has 0 saturated carbocycles. The zero-order valence-electron chi connectivity index (χ0n) is 12.4. The fraction of sp³-hybridized carbons (Fsp3) is 0.538. The van der Waals surface area contributed by atoms with Crippen LogP contribution in [-0.2, 0) is 14.8 Å². The fourth-order valence-corrected chi connectivity index (χ4v) is 3.97. The van der Waals surface area contributed by atoms with E-state index in [-0.39, 0.29) is 48.0 Å². The number of anilines is 1. The molecule has 0 aliphatic rings. The highest BCUT2D eigenvalue weighted by Crippen LogP contribution is 2.29. The average Bonchev–Trinajstić information content (AvgIpc) is 2.40. The number of nitrogen functional groups attached to an aromatic ring is 1. The molecular weight excluding hydrogens is 299 g/mol. The first-order chi connectivity index (χ1) is 9.77. The van der Waals surface area contributed by atoms with Crippen molar-refractivity contribution in [3.8, 4) is 0 Å². The molecule has 0 radical (unpaired) electrons. The van der Waals surface area contributed by atoms with Crippen LogP contribution in [0.5, 0.6) is 0 Å². The van der Waals surface area contributed by atoms with Crippen molar-refractivity contribution in [3.05, 3.63) is 23.0 Å². The van der Waals surface area contributed by atoms with Crippen LogP contribution in [-0.4, -0.2) is 51.2 Å². The second-order valence-electron chi connectivity index (χ2n) is 4.66. The Balaban J connectivity index is 3.37. The highest BCUT2D eigenvalue weighted by Gasteiger charge is 2.29. The molecule has 6 nitrogen and oxygen atoms in total. The smallest absolute Gasteiger partial charge is 0.243 e. The Labute approximate surface area is 124 Å². The molecule has 1 rings (SSSR count). The van der Waals surface area contributed by atoms with Crippen molar-refractivity contribution in [3.63, 3.8) is 0 Å². The van der Waals surface area contributed by atoms with Crippen molar-refractivity contribution in [2.75, 3.05) is 39.1 Å². The van der Waals surface area contributed by atoms with Gasteiger partial charge in [0.25, 0.3) is 0 Å². The van der Waals surface area contributed by atoms with E-state index < -0.39 is 15.8 Å². The second-order valence-corrected chi connectivity index (χ2v) is 6.54. The van der Waals surface area contributed by atoms with Gasteiger partial charge in [0.05, 0.1) is 23.8 Å². The van der Waals surface area contributed by atoms with E-state index in [0.717, 1.165) is 10.4 Å². The number of aryl methyl sites for hydroxylation is 1. The molecule has 0 atom stereocenters. The normalized spacial score (nSPS) is 12.1. The molecular formula is C13H21FN2O4S. The van der Waals surface area contributed by atoms with Crippen LogP contribution in [0.2, 0.25) is 0 Å². The first-order valence-electron chi connectivity index (χ1n) is 6.42. The lowest BCUT2D eigenvalue weighted by molar-refractivity contribution is 0.168. The molecule has 120 valence electrons. The Morgan fingerprint density at radius 2 is 2.00 bits per heavy atom. The van der Waals surface area contributed by atoms with Crippen LogP contribution in [0.3, 0.4) is 0 Å². The van der Waals surface area contributed by atoms with Crippen molar-refractivity contribution in [2.45, 2.75) is 18.7 Å². The van der Waals surface area contributed by atoms with Crippen LogP contribution in [0.4, 0.5) is 10.1 Å².